The summed E-state index contributed by atoms with van der Waals surface area (Å²) >= 11 is 0. The summed E-state index contributed by atoms with van der Waals surface area (Å²) in [5.74, 6) is 0.218. The monoisotopic (exact) mass is 295 g/mol. The second-order valence-electron chi connectivity index (χ2n) is 6.63. The van der Waals surface area contributed by atoms with Gasteiger partial charge in [0.2, 0.25) is 11.8 Å². The molecule has 2 fully saturated rings. The molecule has 1 heterocycles. The van der Waals surface area contributed by atoms with Gasteiger partial charge in [0.05, 0.1) is 0 Å². The Hall–Kier alpha value is -1.10. The first-order valence-corrected chi connectivity index (χ1v) is 8.40. The van der Waals surface area contributed by atoms with Crippen molar-refractivity contribution in [2.75, 3.05) is 26.2 Å². The zero-order valence-electron chi connectivity index (χ0n) is 13.0. The fourth-order valence-electron chi connectivity index (χ4n) is 3.59. The lowest BCUT2D eigenvalue weighted by atomic mass is 9.71. The quantitative estimate of drug-likeness (QED) is 0.778. The summed E-state index contributed by atoms with van der Waals surface area (Å²) in [5.41, 5.74) is 5.91. The highest BCUT2D eigenvalue weighted by molar-refractivity contribution is 5.79. The van der Waals surface area contributed by atoms with Crippen molar-refractivity contribution in [3.63, 3.8) is 0 Å². The number of carbonyl (C=O) groups is 2. The van der Waals surface area contributed by atoms with Crippen molar-refractivity contribution in [3.05, 3.63) is 0 Å². The van der Waals surface area contributed by atoms with Gasteiger partial charge in [-0.2, -0.15) is 0 Å². The molecule has 0 radical (unpaired) electrons. The number of likely N-dealkylation sites (tertiary alicyclic amines) is 1. The van der Waals surface area contributed by atoms with Crippen LogP contribution in [0.3, 0.4) is 0 Å². The van der Waals surface area contributed by atoms with Gasteiger partial charge >= 0.3 is 0 Å². The molecule has 0 aromatic rings. The van der Waals surface area contributed by atoms with Crippen molar-refractivity contribution < 1.29 is 9.59 Å². The normalized spacial score (nSPS) is 21.3. The largest absolute Gasteiger partial charge is 0.356 e. The molecular weight excluding hydrogens is 266 g/mol. The van der Waals surface area contributed by atoms with Crippen molar-refractivity contribution >= 4 is 11.8 Å². The van der Waals surface area contributed by atoms with Crippen LogP contribution in [-0.2, 0) is 9.59 Å². The van der Waals surface area contributed by atoms with Gasteiger partial charge in [-0.3, -0.25) is 9.59 Å². The van der Waals surface area contributed by atoms with Crippen molar-refractivity contribution in [2.24, 2.45) is 11.1 Å². The smallest absolute Gasteiger partial charge is 0.224 e. The first-order chi connectivity index (χ1) is 10.2. The van der Waals surface area contributed by atoms with Gasteiger partial charge in [0.15, 0.2) is 0 Å². The Morgan fingerprint density at radius 3 is 2.33 bits per heavy atom. The highest BCUT2D eigenvalue weighted by Crippen LogP contribution is 2.38. The van der Waals surface area contributed by atoms with Crippen LogP contribution in [0.2, 0.25) is 0 Å². The SMILES string of the molecule is NCC1(CC(=O)NCCC(=O)N2CCCC2)CCCCC1. The summed E-state index contributed by atoms with van der Waals surface area (Å²) in [4.78, 5) is 25.9. The first kappa shape index (κ1) is 16.3. The number of hydrogen-bond acceptors (Lipinski definition) is 3. The van der Waals surface area contributed by atoms with E-state index in [-0.39, 0.29) is 17.2 Å². The zero-order valence-corrected chi connectivity index (χ0v) is 13.0. The zero-order chi connectivity index (χ0) is 15.1. The second kappa shape index (κ2) is 7.78. The lowest BCUT2D eigenvalue weighted by Gasteiger charge is -2.35. The van der Waals surface area contributed by atoms with E-state index in [1.807, 2.05) is 4.90 Å². The predicted molar refractivity (Wildman–Crippen MR) is 82.6 cm³/mol. The Morgan fingerprint density at radius 2 is 1.71 bits per heavy atom. The summed E-state index contributed by atoms with van der Waals surface area (Å²) in [6.45, 7) is 2.80. The molecule has 5 nitrogen and oxygen atoms in total. The standard InChI is InChI=1S/C16H29N3O2/c17-13-16(7-2-1-3-8-16)12-14(20)18-9-6-15(21)19-10-4-5-11-19/h1-13,17H2,(H,18,20). The Kier molecular flexibility index (Phi) is 6.03. The average Bonchev–Trinajstić information content (AvgIpc) is 3.02. The molecule has 1 saturated carbocycles. The molecule has 0 aromatic heterocycles. The number of nitrogens with zero attached hydrogens (tertiary/aromatic N) is 1. The van der Waals surface area contributed by atoms with Crippen LogP contribution in [0.5, 0.6) is 0 Å². The third-order valence-corrected chi connectivity index (χ3v) is 5.00. The summed E-state index contributed by atoms with van der Waals surface area (Å²) in [7, 11) is 0. The van der Waals surface area contributed by atoms with Crippen LogP contribution < -0.4 is 11.1 Å². The van der Waals surface area contributed by atoms with Crippen molar-refractivity contribution in [1.82, 2.24) is 10.2 Å². The van der Waals surface area contributed by atoms with E-state index in [1.54, 1.807) is 0 Å². The molecule has 0 aromatic carbocycles. The van der Waals surface area contributed by atoms with Gasteiger partial charge in [-0.15, -0.1) is 0 Å². The lowest BCUT2D eigenvalue weighted by molar-refractivity contribution is -0.130. The number of rotatable bonds is 6. The second-order valence-corrected chi connectivity index (χ2v) is 6.63. The molecule has 1 aliphatic carbocycles. The maximum Gasteiger partial charge on any atom is 0.224 e. The van der Waals surface area contributed by atoms with Gasteiger partial charge in [-0.25, -0.2) is 0 Å². The van der Waals surface area contributed by atoms with Gasteiger partial charge in [-0.05, 0) is 37.6 Å². The molecule has 1 saturated heterocycles. The van der Waals surface area contributed by atoms with Crippen LogP contribution in [-0.4, -0.2) is 42.9 Å². The maximum atomic E-state index is 12.1. The molecule has 0 unspecified atom stereocenters. The van der Waals surface area contributed by atoms with E-state index in [9.17, 15) is 9.59 Å². The molecule has 0 spiro atoms. The number of nitrogens with one attached hydrogen (secondary N) is 1. The van der Waals surface area contributed by atoms with Gasteiger partial charge in [-0.1, -0.05) is 19.3 Å². The Morgan fingerprint density at radius 1 is 1.05 bits per heavy atom. The van der Waals surface area contributed by atoms with Gasteiger partial charge in [0.1, 0.15) is 0 Å². The minimum atomic E-state index is 0.00128. The number of hydrogen-bond donors (Lipinski definition) is 2. The van der Waals surface area contributed by atoms with E-state index < -0.39 is 0 Å². The van der Waals surface area contributed by atoms with Gasteiger partial charge in [0.25, 0.3) is 0 Å². The van der Waals surface area contributed by atoms with Crippen LogP contribution in [0.1, 0.15) is 57.8 Å². The number of amides is 2. The fraction of sp³-hybridized carbons (Fsp3) is 0.875. The van der Waals surface area contributed by atoms with Gasteiger partial charge < -0.3 is 16.0 Å². The fourth-order valence-corrected chi connectivity index (χ4v) is 3.59. The molecule has 5 heteroatoms. The Balaban J connectivity index is 1.67. The van der Waals surface area contributed by atoms with E-state index in [4.69, 9.17) is 5.73 Å². The minimum absolute atomic E-state index is 0.00128. The molecule has 1 aliphatic heterocycles. The van der Waals surface area contributed by atoms with E-state index >= 15 is 0 Å². The van der Waals surface area contributed by atoms with Crippen LogP contribution in [0.15, 0.2) is 0 Å². The molecule has 120 valence electrons. The van der Waals surface area contributed by atoms with Crippen molar-refractivity contribution in [1.29, 1.82) is 0 Å². The molecule has 2 aliphatic rings. The number of nitrogens with two attached hydrogens (primary N) is 1. The maximum absolute atomic E-state index is 12.1. The van der Waals surface area contributed by atoms with E-state index in [2.05, 4.69) is 5.32 Å². The average molecular weight is 295 g/mol. The summed E-state index contributed by atoms with van der Waals surface area (Å²) < 4.78 is 0. The number of carbonyl (C=O) groups excluding carboxylic acids is 2. The van der Waals surface area contributed by atoms with E-state index in [0.29, 0.717) is 25.9 Å². The molecule has 2 amide bonds. The Labute approximate surface area is 127 Å². The highest BCUT2D eigenvalue weighted by atomic mass is 16.2. The van der Waals surface area contributed by atoms with Crippen LogP contribution >= 0.6 is 0 Å². The third-order valence-electron chi connectivity index (χ3n) is 5.00. The van der Waals surface area contributed by atoms with Gasteiger partial charge in [0, 0.05) is 32.5 Å². The molecule has 3 N–H and O–H groups in total. The first-order valence-electron chi connectivity index (χ1n) is 8.40. The van der Waals surface area contributed by atoms with Crippen LogP contribution in [0.4, 0.5) is 0 Å². The molecule has 0 bridgehead atoms. The third kappa shape index (κ3) is 4.70. The topological polar surface area (TPSA) is 75.4 Å². The summed E-state index contributed by atoms with van der Waals surface area (Å²) in [6, 6.07) is 0. The van der Waals surface area contributed by atoms with Crippen LogP contribution in [0, 0.1) is 5.41 Å². The van der Waals surface area contributed by atoms with Crippen molar-refractivity contribution in [2.45, 2.75) is 57.8 Å². The molecule has 21 heavy (non-hydrogen) atoms. The minimum Gasteiger partial charge on any atom is -0.356 e. The Bertz CT molecular complexity index is 359. The summed E-state index contributed by atoms with van der Waals surface area (Å²) in [6.07, 6.45) is 8.88. The predicted octanol–water partition coefficient (Wildman–Crippen LogP) is 1.41. The van der Waals surface area contributed by atoms with Crippen molar-refractivity contribution in [3.8, 4) is 0 Å². The highest BCUT2D eigenvalue weighted by Gasteiger charge is 2.32. The lowest BCUT2D eigenvalue weighted by Crippen LogP contribution is -2.39. The molecule has 2 rings (SSSR count). The van der Waals surface area contributed by atoms with E-state index in [1.165, 1.54) is 19.3 Å². The summed E-state index contributed by atoms with van der Waals surface area (Å²) in [5, 5.41) is 2.90. The molecular formula is C16H29N3O2. The van der Waals surface area contributed by atoms with E-state index in [0.717, 1.165) is 38.8 Å². The molecule has 0 atom stereocenters. The van der Waals surface area contributed by atoms with Crippen LogP contribution in [0.25, 0.3) is 0 Å².